The van der Waals surface area contributed by atoms with E-state index >= 15 is 0 Å². The van der Waals surface area contributed by atoms with Crippen molar-refractivity contribution in [2.24, 2.45) is 5.73 Å². The van der Waals surface area contributed by atoms with Gasteiger partial charge in [0.15, 0.2) is 11.6 Å². The molecule has 0 spiro atoms. The fourth-order valence-electron chi connectivity index (χ4n) is 1.44. The predicted octanol–water partition coefficient (Wildman–Crippen LogP) is 0.538. The number of nitrogens with one attached hydrogen (secondary N) is 1. The third-order valence-electron chi connectivity index (χ3n) is 2.40. The van der Waals surface area contributed by atoms with E-state index in [2.05, 4.69) is 5.32 Å². The van der Waals surface area contributed by atoms with Crippen LogP contribution in [0.15, 0.2) is 18.2 Å². The molecule has 100 valence electrons. The van der Waals surface area contributed by atoms with Crippen LogP contribution in [-0.2, 0) is 4.74 Å². The molecule has 0 aliphatic heterocycles. The van der Waals surface area contributed by atoms with Crippen LogP contribution in [0, 0.1) is 5.82 Å². The minimum atomic E-state index is -0.513. The minimum absolute atomic E-state index is 0.0266. The highest BCUT2D eigenvalue weighted by Crippen LogP contribution is 2.18. The van der Waals surface area contributed by atoms with Crippen molar-refractivity contribution in [1.29, 1.82) is 0 Å². The number of nitrogens with two attached hydrogens (primary N) is 1. The first kappa shape index (κ1) is 14.4. The van der Waals surface area contributed by atoms with Crippen LogP contribution in [-0.4, -0.2) is 39.3 Å². The van der Waals surface area contributed by atoms with Crippen molar-refractivity contribution < 1.29 is 18.7 Å². The second-order valence-corrected chi connectivity index (χ2v) is 3.71. The number of rotatable bonds is 6. The van der Waals surface area contributed by atoms with Crippen LogP contribution in [0.3, 0.4) is 0 Å². The van der Waals surface area contributed by atoms with Crippen molar-refractivity contribution in [3.8, 4) is 5.75 Å². The lowest BCUT2D eigenvalue weighted by Crippen LogP contribution is -2.43. The number of halogens is 1. The van der Waals surface area contributed by atoms with Crippen molar-refractivity contribution in [3.63, 3.8) is 0 Å². The molecule has 0 saturated heterocycles. The summed E-state index contributed by atoms with van der Waals surface area (Å²) in [6.07, 6.45) is 0. The predicted molar refractivity (Wildman–Crippen MR) is 65.1 cm³/mol. The molecule has 1 amide bonds. The average molecular weight is 256 g/mol. The lowest BCUT2D eigenvalue weighted by molar-refractivity contribution is 0.0900. The van der Waals surface area contributed by atoms with Crippen LogP contribution in [0.2, 0.25) is 0 Å². The van der Waals surface area contributed by atoms with E-state index in [4.69, 9.17) is 15.2 Å². The number of carbonyl (C=O) groups is 1. The Labute approximate surface area is 105 Å². The summed E-state index contributed by atoms with van der Waals surface area (Å²) >= 11 is 0. The quantitative estimate of drug-likeness (QED) is 0.779. The molecular weight excluding hydrogens is 239 g/mol. The molecule has 1 atom stereocenters. The summed E-state index contributed by atoms with van der Waals surface area (Å²) in [6, 6.07) is 3.62. The van der Waals surface area contributed by atoms with Gasteiger partial charge in [0.05, 0.1) is 19.8 Å². The number of methoxy groups -OCH3 is 2. The van der Waals surface area contributed by atoms with E-state index in [-0.39, 0.29) is 24.2 Å². The summed E-state index contributed by atoms with van der Waals surface area (Å²) in [5.41, 5.74) is 5.79. The highest BCUT2D eigenvalue weighted by atomic mass is 19.1. The fourth-order valence-corrected chi connectivity index (χ4v) is 1.44. The molecule has 0 aromatic heterocycles. The second kappa shape index (κ2) is 6.93. The Morgan fingerprint density at radius 3 is 2.78 bits per heavy atom. The van der Waals surface area contributed by atoms with Gasteiger partial charge in [-0.15, -0.1) is 0 Å². The molecule has 3 N–H and O–H groups in total. The average Bonchev–Trinajstić information content (AvgIpc) is 2.38. The molecule has 1 rings (SSSR count). The van der Waals surface area contributed by atoms with Gasteiger partial charge in [-0.2, -0.15) is 0 Å². The molecule has 5 nitrogen and oxygen atoms in total. The van der Waals surface area contributed by atoms with Crippen molar-refractivity contribution in [2.45, 2.75) is 6.04 Å². The lowest BCUT2D eigenvalue weighted by Gasteiger charge is -2.16. The summed E-state index contributed by atoms with van der Waals surface area (Å²) in [7, 11) is 2.86. The number of hydrogen-bond donors (Lipinski definition) is 2. The molecule has 6 heteroatoms. The summed E-state index contributed by atoms with van der Waals surface area (Å²) in [5, 5.41) is 2.69. The first-order valence-corrected chi connectivity index (χ1v) is 5.45. The van der Waals surface area contributed by atoms with Gasteiger partial charge in [0.2, 0.25) is 0 Å². The highest BCUT2D eigenvalue weighted by Gasteiger charge is 2.14. The third kappa shape index (κ3) is 3.68. The van der Waals surface area contributed by atoms with Crippen LogP contribution >= 0.6 is 0 Å². The summed E-state index contributed by atoms with van der Waals surface area (Å²) in [5.74, 6) is -0.833. The first-order valence-electron chi connectivity index (χ1n) is 5.45. The second-order valence-electron chi connectivity index (χ2n) is 3.71. The zero-order valence-electron chi connectivity index (χ0n) is 10.4. The zero-order chi connectivity index (χ0) is 13.5. The molecule has 0 aliphatic carbocycles. The van der Waals surface area contributed by atoms with E-state index in [1.165, 1.54) is 32.4 Å². The van der Waals surface area contributed by atoms with Gasteiger partial charge in [-0.1, -0.05) is 0 Å². The van der Waals surface area contributed by atoms with Gasteiger partial charge in [-0.05, 0) is 18.2 Å². The molecule has 0 radical (unpaired) electrons. The van der Waals surface area contributed by atoms with E-state index in [0.717, 1.165) is 0 Å². The van der Waals surface area contributed by atoms with Crippen LogP contribution in [0.4, 0.5) is 4.39 Å². The molecular formula is C12H17FN2O3. The lowest BCUT2D eigenvalue weighted by atomic mass is 10.2. The van der Waals surface area contributed by atoms with Gasteiger partial charge in [0, 0.05) is 19.2 Å². The number of hydrogen-bond acceptors (Lipinski definition) is 4. The van der Waals surface area contributed by atoms with Crippen LogP contribution < -0.4 is 15.8 Å². The van der Waals surface area contributed by atoms with Crippen molar-refractivity contribution in [2.75, 3.05) is 27.4 Å². The van der Waals surface area contributed by atoms with Gasteiger partial charge >= 0.3 is 0 Å². The maximum absolute atomic E-state index is 13.2. The molecule has 0 fully saturated rings. The third-order valence-corrected chi connectivity index (χ3v) is 2.40. The Balaban J connectivity index is 2.77. The Bertz CT molecular complexity index is 412. The molecule has 1 unspecified atom stereocenters. The highest BCUT2D eigenvalue weighted by molar-refractivity contribution is 5.94. The van der Waals surface area contributed by atoms with Crippen molar-refractivity contribution in [1.82, 2.24) is 5.32 Å². The van der Waals surface area contributed by atoms with Gasteiger partial charge in [0.25, 0.3) is 5.91 Å². The van der Waals surface area contributed by atoms with Crippen LogP contribution in [0.25, 0.3) is 0 Å². The smallest absolute Gasteiger partial charge is 0.251 e. The monoisotopic (exact) mass is 256 g/mol. The summed E-state index contributed by atoms with van der Waals surface area (Å²) in [6.45, 7) is 0.582. The van der Waals surface area contributed by atoms with Crippen molar-refractivity contribution >= 4 is 5.91 Å². The maximum atomic E-state index is 13.2. The molecule has 1 aromatic rings. The Kier molecular flexibility index (Phi) is 5.54. The van der Waals surface area contributed by atoms with E-state index in [1.54, 1.807) is 0 Å². The zero-order valence-corrected chi connectivity index (χ0v) is 10.4. The molecule has 18 heavy (non-hydrogen) atoms. The van der Waals surface area contributed by atoms with E-state index in [1.807, 2.05) is 0 Å². The van der Waals surface area contributed by atoms with Crippen molar-refractivity contribution in [3.05, 3.63) is 29.6 Å². The number of carbonyl (C=O) groups excluding carboxylic acids is 1. The van der Waals surface area contributed by atoms with E-state index in [9.17, 15) is 9.18 Å². The molecule has 1 aromatic carbocycles. The topological polar surface area (TPSA) is 73.6 Å². The van der Waals surface area contributed by atoms with Crippen LogP contribution in [0.5, 0.6) is 5.75 Å². The standard InChI is InChI=1S/C12H17FN2O3/c1-17-7-9(6-14)15-12(16)8-3-4-10(13)11(5-8)18-2/h3-5,9H,6-7,14H2,1-2H3,(H,15,16). The Morgan fingerprint density at radius 1 is 1.50 bits per heavy atom. The molecule has 0 saturated carbocycles. The minimum Gasteiger partial charge on any atom is -0.494 e. The van der Waals surface area contributed by atoms with Crippen LogP contribution in [0.1, 0.15) is 10.4 Å². The van der Waals surface area contributed by atoms with Gasteiger partial charge in [-0.3, -0.25) is 4.79 Å². The normalized spacial score (nSPS) is 12.0. The fraction of sp³-hybridized carbons (Fsp3) is 0.417. The Morgan fingerprint density at radius 2 is 2.22 bits per heavy atom. The largest absolute Gasteiger partial charge is 0.494 e. The van der Waals surface area contributed by atoms with Gasteiger partial charge < -0.3 is 20.5 Å². The molecule has 0 heterocycles. The van der Waals surface area contributed by atoms with E-state index in [0.29, 0.717) is 12.2 Å². The maximum Gasteiger partial charge on any atom is 0.251 e. The molecule has 0 bridgehead atoms. The van der Waals surface area contributed by atoms with E-state index < -0.39 is 5.82 Å². The SMILES string of the molecule is COCC(CN)NC(=O)c1ccc(F)c(OC)c1. The summed E-state index contributed by atoms with van der Waals surface area (Å²) < 4.78 is 22.9. The van der Waals surface area contributed by atoms with Gasteiger partial charge in [0.1, 0.15) is 0 Å². The first-order chi connectivity index (χ1) is 8.62. The number of ether oxygens (including phenoxy) is 2. The number of amides is 1. The summed E-state index contributed by atoms with van der Waals surface area (Å²) in [4.78, 5) is 11.9. The van der Waals surface area contributed by atoms with Gasteiger partial charge in [-0.25, -0.2) is 4.39 Å². The molecule has 0 aliphatic rings. The Hall–Kier alpha value is -1.66. The number of benzene rings is 1.